The number of hydrogen-bond acceptors (Lipinski definition) is 2. The second kappa shape index (κ2) is 8.34. The van der Waals surface area contributed by atoms with Crippen molar-refractivity contribution < 1.29 is 9.59 Å². The van der Waals surface area contributed by atoms with Crippen LogP contribution < -0.4 is 5.32 Å². The first kappa shape index (κ1) is 17.8. The lowest BCUT2D eigenvalue weighted by molar-refractivity contribution is -0.134. The van der Waals surface area contributed by atoms with Crippen LogP contribution in [0.5, 0.6) is 0 Å². The summed E-state index contributed by atoms with van der Waals surface area (Å²) in [6.07, 6.45) is 2.58. The van der Waals surface area contributed by atoms with Gasteiger partial charge in [-0.2, -0.15) is 0 Å². The Bertz CT molecular complexity index is 538. The molecule has 2 rings (SSSR count). The Morgan fingerprint density at radius 1 is 1.13 bits per heavy atom. The van der Waals surface area contributed by atoms with Crippen LogP contribution in [0.2, 0.25) is 5.02 Å². The van der Waals surface area contributed by atoms with Gasteiger partial charge < -0.3 is 10.2 Å². The summed E-state index contributed by atoms with van der Waals surface area (Å²) in [5.41, 5.74) is 1.00. The van der Waals surface area contributed by atoms with Crippen molar-refractivity contribution in [1.29, 1.82) is 0 Å². The van der Waals surface area contributed by atoms with Crippen LogP contribution >= 0.6 is 11.6 Å². The van der Waals surface area contributed by atoms with Crippen LogP contribution in [0.1, 0.15) is 38.7 Å². The third kappa shape index (κ3) is 4.96. The van der Waals surface area contributed by atoms with Crippen molar-refractivity contribution in [3.63, 3.8) is 0 Å². The highest BCUT2D eigenvalue weighted by Crippen LogP contribution is 2.40. The fourth-order valence-electron chi connectivity index (χ4n) is 2.79. The van der Waals surface area contributed by atoms with E-state index in [1.165, 1.54) is 0 Å². The lowest BCUT2D eigenvalue weighted by Gasteiger charge is -2.21. The number of amides is 2. The maximum Gasteiger partial charge on any atom is 0.226 e. The van der Waals surface area contributed by atoms with Crippen molar-refractivity contribution in [3.05, 3.63) is 34.9 Å². The number of halogens is 1. The second-order valence-corrected chi connectivity index (χ2v) is 6.55. The first-order valence-corrected chi connectivity index (χ1v) is 8.75. The molecule has 1 aromatic rings. The highest BCUT2D eigenvalue weighted by molar-refractivity contribution is 6.30. The van der Waals surface area contributed by atoms with Gasteiger partial charge in [0.2, 0.25) is 11.8 Å². The lowest BCUT2D eigenvalue weighted by atomic mass is 10.2. The molecule has 4 nitrogen and oxygen atoms in total. The molecule has 0 radical (unpaired) electrons. The van der Waals surface area contributed by atoms with Crippen LogP contribution in [0, 0.1) is 11.8 Å². The topological polar surface area (TPSA) is 49.4 Å². The van der Waals surface area contributed by atoms with E-state index in [-0.39, 0.29) is 23.7 Å². The van der Waals surface area contributed by atoms with Crippen LogP contribution in [0.4, 0.5) is 0 Å². The maximum absolute atomic E-state index is 12.4. The van der Waals surface area contributed by atoms with Crippen molar-refractivity contribution in [2.75, 3.05) is 13.1 Å². The average molecular weight is 337 g/mol. The zero-order valence-electron chi connectivity index (χ0n) is 13.8. The molecule has 0 aliphatic heterocycles. The number of carbonyl (C=O) groups excluding carboxylic acids is 2. The van der Waals surface area contributed by atoms with Gasteiger partial charge in [-0.15, -0.1) is 0 Å². The number of carbonyl (C=O) groups is 2. The standard InChI is InChI=1S/C18H25ClN2O2/c1-3-9-21(10-4-2)18(23)16-11-15(16)17(22)20-12-13-5-7-14(19)8-6-13/h5-8,15-16H,3-4,9-12H2,1-2H3,(H,20,22). The summed E-state index contributed by atoms with van der Waals surface area (Å²) in [5, 5.41) is 3.60. The fraction of sp³-hybridized carbons (Fsp3) is 0.556. The Balaban J connectivity index is 1.81. The summed E-state index contributed by atoms with van der Waals surface area (Å²) >= 11 is 5.84. The van der Waals surface area contributed by atoms with Crippen LogP contribution in [0.3, 0.4) is 0 Å². The highest BCUT2D eigenvalue weighted by atomic mass is 35.5. The zero-order valence-corrected chi connectivity index (χ0v) is 14.6. The largest absolute Gasteiger partial charge is 0.352 e. The van der Waals surface area contributed by atoms with Crippen LogP contribution in [-0.4, -0.2) is 29.8 Å². The molecule has 2 atom stereocenters. The molecule has 0 saturated heterocycles. The van der Waals surface area contributed by atoms with Gasteiger partial charge in [-0.05, 0) is 37.0 Å². The molecule has 0 aromatic heterocycles. The predicted octanol–water partition coefficient (Wildman–Crippen LogP) is 3.24. The monoisotopic (exact) mass is 336 g/mol. The Morgan fingerprint density at radius 2 is 1.74 bits per heavy atom. The molecule has 126 valence electrons. The third-order valence-corrected chi connectivity index (χ3v) is 4.38. The number of hydrogen-bond donors (Lipinski definition) is 1. The van der Waals surface area contributed by atoms with Gasteiger partial charge in [-0.3, -0.25) is 9.59 Å². The minimum Gasteiger partial charge on any atom is -0.352 e. The Labute approximate surface area is 143 Å². The molecule has 1 aromatic carbocycles. The average Bonchev–Trinajstić information content (AvgIpc) is 3.34. The molecule has 23 heavy (non-hydrogen) atoms. The molecular formula is C18H25ClN2O2. The van der Waals surface area contributed by atoms with E-state index in [1.54, 1.807) is 12.1 Å². The fourth-order valence-corrected chi connectivity index (χ4v) is 2.91. The Kier molecular flexibility index (Phi) is 6.46. The van der Waals surface area contributed by atoms with Gasteiger partial charge in [-0.25, -0.2) is 0 Å². The quantitative estimate of drug-likeness (QED) is 0.792. The zero-order chi connectivity index (χ0) is 16.8. The minimum absolute atomic E-state index is 0.0220. The summed E-state index contributed by atoms with van der Waals surface area (Å²) in [4.78, 5) is 26.5. The summed E-state index contributed by atoms with van der Waals surface area (Å²) in [6, 6.07) is 7.39. The minimum atomic E-state index is -0.161. The van der Waals surface area contributed by atoms with Crippen molar-refractivity contribution in [2.45, 2.75) is 39.7 Å². The first-order valence-electron chi connectivity index (χ1n) is 8.37. The summed E-state index contributed by atoms with van der Waals surface area (Å²) < 4.78 is 0. The predicted molar refractivity (Wildman–Crippen MR) is 92.1 cm³/mol. The second-order valence-electron chi connectivity index (χ2n) is 6.12. The first-order chi connectivity index (χ1) is 11.1. The van der Waals surface area contributed by atoms with Crippen molar-refractivity contribution in [1.82, 2.24) is 10.2 Å². The molecule has 5 heteroatoms. The van der Waals surface area contributed by atoms with Crippen LogP contribution in [0.25, 0.3) is 0 Å². The van der Waals surface area contributed by atoms with E-state index in [2.05, 4.69) is 19.2 Å². The number of nitrogens with one attached hydrogen (secondary N) is 1. The van der Waals surface area contributed by atoms with Crippen molar-refractivity contribution in [2.24, 2.45) is 11.8 Å². The molecule has 1 aliphatic carbocycles. The normalized spacial score (nSPS) is 19.3. The molecule has 2 amide bonds. The third-order valence-electron chi connectivity index (χ3n) is 4.12. The maximum atomic E-state index is 12.4. The van der Waals surface area contributed by atoms with Crippen molar-refractivity contribution >= 4 is 23.4 Å². The molecule has 0 bridgehead atoms. The number of rotatable bonds is 8. The lowest BCUT2D eigenvalue weighted by Crippen LogP contribution is -2.35. The van der Waals surface area contributed by atoms with Gasteiger partial charge in [0, 0.05) is 24.7 Å². The molecule has 1 fully saturated rings. The number of benzene rings is 1. The van der Waals surface area contributed by atoms with Crippen LogP contribution in [0.15, 0.2) is 24.3 Å². The van der Waals surface area contributed by atoms with E-state index in [4.69, 9.17) is 11.6 Å². The van der Waals surface area contributed by atoms with Gasteiger partial charge in [0.05, 0.1) is 11.8 Å². The highest BCUT2D eigenvalue weighted by Gasteiger charge is 2.49. The van der Waals surface area contributed by atoms with E-state index >= 15 is 0 Å². The smallest absolute Gasteiger partial charge is 0.226 e. The SMILES string of the molecule is CCCN(CCC)C(=O)C1CC1C(=O)NCc1ccc(Cl)cc1. The Hall–Kier alpha value is -1.55. The molecule has 1 aliphatic rings. The summed E-state index contributed by atoms with van der Waals surface area (Å²) in [6.45, 7) is 6.17. The molecule has 1 saturated carbocycles. The van der Waals surface area contributed by atoms with Gasteiger partial charge in [0.25, 0.3) is 0 Å². The van der Waals surface area contributed by atoms with Crippen molar-refractivity contribution in [3.8, 4) is 0 Å². The van der Waals surface area contributed by atoms with Gasteiger partial charge in [-0.1, -0.05) is 37.6 Å². The van der Waals surface area contributed by atoms with Crippen LogP contribution in [-0.2, 0) is 16.1 Å². The Morgan fingerprint density at radius 3 is 2.30 bits per heavy atom. The van der Waals surface area contributed by atoms with E-state index in [9.17, 15) is 9.59 Å². The molecule has 0 heterocycles. The van der Waals surface area contributed by atoms with E-state index in [0.717, 1.165) is 31.5 Å². The van der Waals surface area contributed by atoms with Gasteiger partial charge in [0.1, 0.15) is 0 Å². The van der Waals surface area contributed by atoms with E-state index in [0.29, 0.717) is 18.0 Å². The summed E-state index contributed by atoms with van der Waals surface area (Å²) in [7, 11) is 0. The van der Waals surface area contributed by atoms with Gasteiger partial charge in [0.15, 0.2) is 0 Å². The number of nitrogens with zero attached hydrogens (tertiary/aromatic N) is 1. The van der Waals surface area contributed by atoms with Gasteiger partial charge >= 0.3 is 0 Å². The van der Waals surface area contributed by atoms with E-state index < -0.39 is 0 Å². The molecule has 2 unspecified atom stereocenters. The summed E-state index contributed by atoms with van der Waals surface area (Å²) in [5.74, 6) is -0.170. The molecular weight excluding hydrogens is 312 g/mol. The van der Waals surface area contributed by atoms with E-state index in [1.807, 2.05) is 17.0 Å². The molecule has 1 N–H and O–H groups in total. The molecule has 0 spiro atoms.